The number of H-pyrrole nitrogens is 1. The molecule has 2 N–H and O–H groups in total. The van der Waals surface area contributed by atoms with Gasteiger partial charge in [0.25, 0.3) is 0 Å². The van der Waals surface area contributed by atoms with Crippen LogP contribution >= 0.6 is 0 Å². The van der Waals surface area contributed by atoms with Gasteiger partial charge in [0, 0.05) is 18.4 Å². The molecule has 2 aromatic rings. The molecule has 1 amide bonds. The molecular formula is C11H11N3O2. The molecule has 2 rings (SSSR count). The summed E-state index contributed by atoms with van der Waals surface area (Å²) in [5, 5.41) is 3.43. The summed E-state index contributed by atoms with van der Waals surface area (Å²) in [5.74, 6) is 0.239. The normalized spacial score (nSPS) is 10.4. The molecule has 0 aliphatic carbocycles. The molecule has 2 aromatic heterocycles. The van der Waals surface area contributed by atoms with Gasteiger partial charge in [0.1, 0.15) is 11.5 Å². The van der Waals surface area contributed by atoms with E-state index in [0.29, 0.717) is 11.5 Å². The van der Waals surface area contributed by atoms with Crippen molar-refractivity contribution in [3.05, 3.63) is 34.1 Å². The Balaban J connectivity index is 2.61. The van der Waals surface area contributed by atoms with Crippen LogP contribution in [0.2, 0.25) is 0 Å². The van der Waals surface area contributed by atoms with E-state index in [1.54, 1.807) is 6.07 Å². The van der Waals surface area contributed by atoms with Crippen LogP contribution < -0.4 is 10.9 Å². The van der Waals surface area contributed by atoms with Crippen molar-refractivity contribution in [2.45, 2.75) is 13.8 Å². The first-order valence-electron chi connectivity index (χ1n) is 4.84. The predicted molar refractivity (Wildman–Crippen MR) is 61.4 cm³/mol. The highest BCUT2D eigenvalue weighted by molar-refractivity contribution is 5.89. The highest BCUT2D eigenvalue weighted by Gasteiger charge is 2.03. The molecule has 0 spiro atoms. The Kier molecular flexibility index (Phi) is 2.44. The Labute approximate surface area is 91.5 Å². The lowest BCUT2D eigenvalue weighted by Crippen LogP contribution is -2.10. The maximum Gasteiger partial charge on any atom is 0.249 e. The van der Waals surface area contributed by atoms with Crippen LogP contribution in [0.1, 0.15) is 12.5 Å². The van der Waals surface area contributed by atoms with Crippen LogP contribution in [0, 0.1) is 6.92 Å². The van der Waals surface area contributed by atoms with E-state index in [1.807, 2.05) is 13.0 Å². The molecule has 82 valence electrons. The molecule has 0 radical (unpaired) electrons. The van der Waals surface area contributed by atoms with E-state index in [0.717, 1.165) is 10.9 Å². The minimum absolute atomic E-state index is 0.193. The standard InChI is InChI=1S/C11H11N3O2/c1-6-5-10(16)14-11-8(6)3-4-9(13-11)12-7(2)15/h3-5H,1-2H3,(H2,12,13,14,15,16). The number of hydrogen-bond donors (Lipinski definition) is 2. The highest BCUT2D eigenvalue weighted by atomic mass is 16.1. The number of hydrogen-bond acceptors (Lipinski definition) is 3. The van der Waals surface area contributed by atoms with E-state index in [-0.39, 0.29) is 11.5 Å². The number of amides is 1. The first kappa shape index (κ1) is 10.4. The summed E-state index contributed by atoms with van der Waals surface area (Å²) in [6.07, 6.45) is 0. The Morgan fingerprint density at radius 3 is 2.88 bits per heavy atom. The third kappa shape index (κ3) is 1.93. The maximum absolute atomic E-state index is 11.3. The van der Waals surface area contributed by atoms with E-state index in [1.165, 1.54) is 13.0 Å². The van der Waals surface area contributed by atoms with Gasteiger partial charge in [-0.05, 0) is 24.6 Å². The zero-order chi connectivity index (χ0) is 11.7. The molecule has 0 aliphatic rings. The minimum atomic E-state index is -0.197. The summed E-state index contributed by atoms with van der Waals surface area (Å²) in [5.41, 5.74) is 1.15. The van der Waals surface area contributed by atoms with E-state index in [2.05, 4.69) is 15.3 Å². The van der Waals surface area contributed by atoms with Gasteiger partial charge in [0.05, 0.1) is 0 Å². The van der Waals surface area contributed by atoms with Crippen molar-refractivity contribution in [3.8, 4) is 0 Å². The third-order valence-electron chi connectivity index (χ3n) is 2.21. The van der Waals surface area contributed by atoms with Crippen LogP contribution in [0.3, 0.4) is 0 Å². The van der Waals surface area contributed by atoms with Crippen molar-refractivity contribution < 1.29 is 4.79 Å². The highest BCUT2D eigenvalue weighted by Crippen LogP contribution is 2.14. The second-order valence-electron chi connectivity index (χ2n) is 3.59. The van der Waals surface area contributed by atoms with Crippen molar-refractivity contribution in [3.63, 3.8) is 0 Å². The van der Waals surface area contributed by atoms with Gasteiger partial charge in [0.15, 0.2) is 0 Å². The van der Waals surface area contributed by atoms with Gasteiger partial charge in [-0.3, -0.25) is 9.59 Å². The van der Waals surface area contributed by atoms with Crippen LogP contribution in [-0.2, 0) is 4.79 Å². The molecule has 0 aromatic carbocycles. The topological polar surface area (TPSA) is 74.8 Å². The molecule has 0 saturated carbocycles. The molecule has 0 aliphatic heterocycles. The number of nitrogens with one attached hydrogen (secondary N) is 2. The van der Waals surface area contributed by atoms with Crippen LogP contribution in [0.5, 0.6) is 0 Å². The minimum Gasteiger partial charge on any atom is -0.311 e. The Hall–Kier alpha value is -2.17. The predicted octanol–water partition coefficient (Wildman–Crippen LogP) is 1.19. The molecule has 0 unspecified atom stereocenters. The van der Waals surface area contributed by atoms with Crippen molar-refractivity contribution in [1.29, 1.82) is 0 Å². The molecule has 2 heterocycles. The number of fused-ring (bicyclic) bond motifs is 1. The molecule has 0 fully saturated rings. The van der Waals surface area contributed by atoms with Crippen molar-refractivity contribution >= 4 is 22.8 Å². The van der Waals surface area contributed by atoms with Gasteiger partial charge in [-0.2, -0.15) is 0 Å². The molecule has 0 atom stereocenters. The first-order chi connectivity index (χ1) is 7.56. The number of nitrogens with zero attached hydrogens (tertiary/aromatic N) is 1. The fourth-order valence-electron chi connectivity index (χ4n) is 1.55. The number of pyridine rings is 2. The lowest BCUT2D eigenvalue weighted by Gasteiger charge is -2.04. The smallest absolute Gasteiger partial charge is 0.249 e. The Morgan fingerprint density at radius 1 is 1.44 bits per heavy atom. The summed E-state index contributed by atoms with van der Waals surface area (Å²) in [6, 6.07) is 5.04. The maximum atomic E-state index is 11.3. The Morgan fingerprint density at radius 2 is 2.19 bits per heavy atom. The lowest BCUT2D eigenvalue weighted by atomic mass is 10.2. The monoisotopic (exact) mass is 217 g/mol. The Bertz CT molecular complexity index is 616. The molecule has 0 saturated heterocycles. The largest absolute Gasteiger partial charge is 0.311 e. The number of aromatic nitrogens is 2. The number of rotatable bonds is 1. The quantitative estimate of drug-likeness (QED) is 0.753. The van der Waals surface area contributed by atoms with Crippen LogP contribution in [0.25, 0.3) is 11.0 Å². The van der Waals surface area contributed by atoms with E-state index >= 15 is 0 Å². The molecule has 5 nitrogen and oxygen atoms in total. The summed E-state index contributed by atoms with van der Waals surface area (Å²) < 4.78 is 0. The van der Waals surface area contributed by atoms with E-state index < -0.39 is 0 Å². The van der Waals surface area contributed by atoms with E-state index in [9.17, 15) is 9.59 Å². The number of carbonyl (C=O) groups is 1. The van der Waals surface area contributed by atoms with Gasteiger partial charge in [0.2, 0.25) is 11.5 Å². The fourth-order valence-corrected chi connectivity index (χ4v) is 1.55. The SMILES string of the molecule is CC(=O)Nc1ccc2c(C)cc(=O)[nH]c2n1. The summed E-state index contributed by atoms with van der Waals surface area (Å²) >= 11 is 0. The number of aromatic amines is 1. The second-order valence-corrected chi connectivity index (χ2v) is 3.59. The van der Waals surface area contributed by atoms with Crippen LogP contribution in [-0.4, -0.2) is 15.9 Å². The number of aryl methyl sites for hydroxylation is 1. The van der Waals surface area contributed by atoms with Gasteiger partial charge >= 0.3 is 0 Å². The molecular weight excluding hydrogens is 206 g/mol. The number of carbonyl (C=O) groups excluding carboxylic acids is 1. The van der Waals surface area contributed by atoms with Gasteiger partial charge in [-0.25, -0.2) is 4.98 Å². The van der Waals surface area contributed by atoms with Gasteiger partial charge < -0.3 is 10.3 Å². The van der Waals surface area contributed by atoms with Crippen molar-refractivity contribution in [2.24, 2.45) is 0 Å². The van der Waals surface area contributed by atoms with Crippen molar-refractivity contribution in [2.75, 3.05) is 5.32 Å². The van der Waals surface area contributed by atoms with Crippen LogP contribution in [0.4, 0.5) is 5.82 Å². The van der Waals surface area contributed by atoms with E-state index in [4.69, 9.17) is 0 Å². The zero-order valence-electron chi connectivity index (χ0n) is 9.00. The van der Waals surface area contributed by atoms with Crippen LogP contribution in [0.15, 0.2) is 23.0 Å². The fraction of sp³-hybridized carbons (Fsp3) is 0.182. The molecule has 0 bridgehead atoms. The molecule has 5 heteroatoms. The zero-order valence-corrected chi connectivity index (χ0v) is 9.00. The molecule has 16 heavy (non-hydrogen) atoms. The second kappa shape index (κ2) is 3.77. The number of anilines is 1. The third-order valence-corrected chi connectivity index (χ3v) is 2.21. The summed E-state index contributed by atoms with van der Waals surface area (Å²) in [6.45, 7) is 3.25. The van der Waals surface area contributed by atoms with Gasteiger partial charge in [-0.1, -0.05) is 0 Å². The summed E-state index contributed by atoms with van der Waals surface area (Å²) in [7, 11) is 0. The average molecular weight is 217 g/mol. The lowest BCUT2D eigenvalue weighted by molar-refractivity contribution is -0.114. The average Bonchev–Trinajstić information content (AvgIpc) is 2.15. The van der Waals surface area contributed by atoms with Crippen molar-refractivity contribution in [1.82, 2.24) is 9.97 Å². The van der Waals surface area contributed by atoms with Gasteiger partial charge in [-0.15, -0.1) is 0 Å². The summed E-state index contributed by atoms with van der Waals surface area (Å²) in [4.78, 5) is 28.9. The first-order valence-corrected chi connectivity index (χ1v) is 4.84.